The summed E-state index contributed by atoms with van der Waals surface area (Å²) in [4.78, 5) is 22.5. The number of carboxylic acids is 2. The van der Waals surface area contributed by atoms with Gasteiger partial charge in [-0.15, -0.1) is 0 Å². The average molecular weight is 346 g/mol. The molecular weight excluding hydrogens is 336 g/mol. The van der Waals surface area contributed by atoms with Crippen LogP contribution >= 0.6 is 0 Å². The van der Waals surface area contributed by atoms with Crippen LogP contribution in [-0.2, 0) is 0 Å². The van der Waals surface area contributed by atoms with E-state index in [-0.39, 0.29) is 27.6 Å². The molecule has 24 heavy (non-hydrogen) atoms. The van der Waals surface area contributed by atoms with Crippen LogP contribution in [0.25, 0.3) is 10.8 Å². The summed E-state index contributed by atoms with van der Waals surface area (Å²) in [5, 5.41) is 18.0. The zero-order chi connectivity index (χ0) is 18.1. The Morgan fingerprint density at radius 2 is 1.62 bits per heavy atom. The Labute approximate surface area is 132 Å². The Bertz CT molecular complexity index is 784. The third-order valence-electron chi connectivity index (χ3n) is 3.20. The van der Waals surface area contributed by atoms with Crippen LogP contribution in [0.5, 0.6) is 5.75 Å². The molecule has 2 N–H and O–H groups in total. The molecule has 0 atom stereocenters. The molecule has 9 heteroatoms. The van der Waals surface area contributed by atoms with Crippen LogP contribution in [0.3, 0.4) is 0 Å². The Kier molecular flexibility index (Phi) is 4.63. The third-order valence-corrected chi connectivity index (χ3v) is 3.20. The molecule has 0 amide bonds. The zero-order valence-electron chi connectivity index (χ0n) is 11.8. The maximum Gasteiger partial charge on any atom is 0.340 e. The van der Waals surface area contributed by atoms with Gasteiger partial charge in [0.1, 0.15) is 5.75 Å². The van der Waals surface area contributed by atoms with Gasteiger partial charge in [0, 0.05) is 10.8 Å². The van der Waals surface area contributed by atoms with Gasteiger partial charge in [-0.3, -0.25) is 0 Å². The lowest BCUT2D eigenvalue weighted by Gasteiger charge is -2.17. The van der Waals surface area contributed by atoms with Crippen molar-refractivity contribution in [2.24, 2.45) is 0 Å². The lowest BCUT2D eigenvalue weighted by atomic mass is 9.98. The molecule has 5 nitrogen and oxygen atoms in total. The molecule has 0 aliphatic rings. The van der Waals surface area contributed by atoms with E-state index in [2.05, 4.69) is 0 Å². The molecule has 0 saturated carbocycles. The van der Waals surface area contributed by atoms with Crippen molar-refractivity contribution in [3.05, 3.63) is 41.5 Å². The van der Waals surface area contributed by atoms with E-state index in [0.717, 1.165) is 18.2 Å². The van der Waals surface area contributed by atoms with E-state index in [1.165, 1.54) is 12.1 Å². The fraction of sp³-hybridized carbons (Fsp3) is 0.200. The minimum Gasteiger partial charge on any atom is -0.486 e. The van der Waals surface area contributed by atoms with Gasteiger partial charge in [-0.05, 0) is 18.2 Å². The van der Waals surface area contributed by atoms with Crippen molar-refractivity contribution >= 4 is 22.7 Å². The third kappa shape index (κ3) is 3.24. The molecule has 0 unspecified atom stereocenters. The summed E-state index contributed by atoms with van der Waals surface area (Å²) in [7, 11) is 0. The van der Waals surface area contributed by atoms with Gasteiger partial charge < -0.3 is 14.9 Å². The number of ether oxygens (including phenoxy) is 1. The molecular formula is C15H10F4O5. The van der Waals surface area contributed by atoms with Crippen molar-refractivity contribution < 1.29 is 42.1 Å². The van der Waals surface area contributed by atoms with Crippen LogP contribution in [0.15, 0.2) is 30.3 Å². The number of carbonyl (C=O) groups is 2. The first-order valence-electron chi connectivity index (χ1n) is 6.46. The molecule has 2 aromatic carbocycles. The minimum absolute atomic E-state index is 0.0835. The van der Waals surface area contributed by atoms with Crippen LogP contribution in [0.1, 0.15) is 20.7 Å². The van der Waals surface area contributed by atoms with E-state index in [0.29, 0.717) is 0 Å². The molecule has 0 aliphatic carbocycles. The van der Waals surface area contributed by atoms with Gasteiger partial charge >= 0.3 is 24.3 Å². The van der Waals surface area contributed by atoms with Crippen LogP contribution in [0.4, 0.5) is 17.6 Å². The fourth-order valence-electron chi connectivity index (χ4n) is 2.10. The van der Waals surface area contributed by atoms with E-state index < -0.39 is 30.9 Å². The van der Waals surface area contributed by atoms with Crippen molar-refractivity contribution in [3.63, 3.8) is 0 Å². The highest BCUT2D eigenvalue weighted by molar-refractivity contribution is 6.14. The van der Waals surface area contributed by atoms with Crippen molar-refractivity contribution in [1.29, 1.82) is 0 Å². The Morgan fingerprint density at radius 1 is 1.04 bits per heavy atom. The summed E-state index contributed by atoms with van der Waals surface area (Å²) in [5.74, 6) is -7.59. The summed E-state index contributed by atoms with van der Waals surface area (Å²) in [5.41, 5.74) is -0.757. The van der Waals surface area contributed by atoms with Gasteiger partial charge in [-0.25, -0.2) is 18.4 Å². The Morgan fingerprint density at radius 3 is 2.17 bits per heavy atom. The Hall–Kier alpha value is -2.84. The highest BCUT2D eigenvalue weighted by Crippen LogP contribution is 2.33. The molecule has 0 spiro atoms. The van der Waals surface area contributed by atoms with E-state index in [1.54, 1.807) is 0 Å². The number of alkyl halides is 4. The van der Waals surface area contributed by atoms with Gasteiger partial charge in [0.15, 0.2) is 6.61 Å². The summed E-state index contributed by atoms with van der Waals surface area (Å²) in [6, 6.07) is 5.63. The first-order valence-corrected chi connectivity index (χ1v) is 6.46. The molecule has 2 rings (SSSR count). The molecule has 0 heterocycles. The highest BCUT2D eigenvalue weighted by atomic mass is 19.3. The molecule has 0 fully saturated rings. The van der Waals surface area contributed by atoms with E-state index in [1.807, 2.05) is 0 Å². The first kappa shape index (κ1) is 17.5. The van der Waals surface area contributed by atoms with Gasteiger partial charge in [0.05, 0.1) is 11.1 Å². The Balaban J connectivity index is 2.58. The fourth-order valence-corrected chi connectivity index (χ4v) is 2.10. The second-order valence-corrected chi connectivity index (χ2v) is 4.80. The second-order valence-electron chi connectivity index (χ2n) is 4.80. The number of rotatable bonds is 6. The minimum atomic E-state index is -4.40. The van der Waals surface area contributed by atoms with Crippen LogP contribution < -0.4 is 4.74 Å². The number of halogens is 4. The first-order chi connectivity index (χ1) is 11.1. The zero-order valence-corrected chi connectivity index (χ0v) is 11.8. The highest BCUT2D eigenvalue weighted by Gasteiger charge is 2.41. The van der Waals surface area contributed by atoms with E-state index >= 15 is 0 Å². The number of fused-ring (bicyclic) bond motifs is 1. The van der Waals surface area contributed by atoms with Crippen molar-refractivity contribution in [2.75, 3.05) is 6.61 Å². The average Bonchev–Trinajstić information content (AvgIpc) is 2.51. The smallest absolute Gasteiger partial charge is 0.340 e. The standard InChI is InChI=1S/C15H10F4O5/c16-14(17)15(18,19)6-24-10-5-4-9(13(22)23)11-7(10)2-1-3-8(11)12(20)21/h1-5,14H,6H2,(H,20,21)(H,22,23). The number of hydrogen-bond donors (Lipinski definition) is 2. The molecule has 0 bridgehead atoms. The SMILES string of the molecule is O=C(O)c1cccc2c(OCC(F)(F)C(F)F)ccc(C(=O)O)c12. The molecule has 2 aromatic rings. The quantitative estimate of drug-likeness (QED) is 0.782. The summed E-state index contributed by atoms with van der Waals surface area (Å²) >= 11 is 0. The molecule has 0 aliphatic heterocycles. The van der Waals surface area contributed by atoms with Gasteiger partial charge in [-0.2, -0.15) is 8.78 Å². The number of benzene rings is 2. The van der Waals surface area contributed by atoms with Crippen LogP contribution in [0, 0.1) is 0 Å². The number of aromatic carboxylic acids is 2. The van der Waals surface area contributed by atoms with Crippen LogP contribution in [-0.4, -0.2) is 41.1 Å². The lowest BCUT2D eigenvalue weighted by Crippen LogP contribution is -2.33. The van der Waals surface area contributed by atoms with Crippen molar-refractivity contribution in [3.8, 4) is 5.75 Å². The molecule has 128 valence electrons. The summed E-state index contributed by atoms with van der Waals surface area (Å²) in [6.07, 6.45) is -3.93. The molecule has 0 saturated heterocycles. The predicted molar refractivity (Wildman–Crippen MR) is 74.3 cm³/mol. The normalized spacial score (nSPS) is 11.7. The maximum atomic E-state index is 13.0. The van der Waals surface area contributed by atoms with Gasteiger partial charge in [-0.1, -0.05) is 12.1 Å². The predicted octanol–water partition coefficient (Wildman–Crippen LogP) is 3.52. The summed E-state index contributed by atoms with van der Waals surface area (Å²) < 4.78 is 55.0. The van der Waals surface area contributed by atoms with Gasteiger partial charge in [0.2, 0.25) is 0 Å². The largest absolute Gasteiger partial charge is 0.486 e. The van der Waals surface area contributed by atoms with Crippen LogP contribution in [0.2, 0.25) is 0 Å². The molecule has 0 aromatic heterocycles. The van der Waals surface area contributed by atoms with Crippen molar-refractivity contribution in [2.45, 2.75) is 12.3 Å². The van der Waals surface area contributed by atoms with E-state index in [9.17, 15) is 27.2 Å². The topological polar surface area (TPSA) is 83.8 Å². The second kappa shape index (κ2) is 6.34. The monoisotopic (exact) mass is 346 g/mol. The maximum absolute atomic E-state index is 13.0. The van der Waals surface area contributed by atoms with Crippen molar-refractivity contribution in [1.82, 2.24) is 0 Å². The lowest BCUT2D eigenvalue weighted by molar-refractivity contribution is -0.148. The van der Waals surface area contributed by atoms with Gasteiger partial charge in [0.25, 0.3) is 0 Å². The van der Waals surface area contributed by atoms with E-state index in [4.69, 9.17) is 14.9 Å². The number of hydrogen-bond acceptors (Lipinski definition) is 3. The number of carboxylic acid groups (broad SMARTS) is 2. The summed E-state index contributed by atoms with van der Waals surface area (Å²) in [6.45, 7) is -1.64. The molecule has 0 radical (unpaired) electrons.